The van der Waals surface area contributed by atoms with Gasteiger partial charge in [-0.05, 0) is 36.4 Å². The van der Waals surface area contributed by atoms with Crippen LogP contribution in [-0.2, 0) is 0 Å². The predicted molar refractivity (Wildman–Crippen MR) is 105 cm³/mol. The van der Waals surface area contributed by atoms with Crippen molar-refractivity contribution >= 4 is 28.5 Å². The van der Waals surface area contributed by atoms with Gasteiger partial charge in [0.1, 0.15) is 17.1 Å². The molecule has 0 unspecified atom stereocenters. The monoisotopic (exact) mass is 345 g/mol. The second kappa shape index (κ2) is 6.76. The number of nitrogens with zero attached hydrogens (tertiary/aromatic N) is 3. The van der Waals surface area contributed by atoms with Gasteiger partial charge in [0.2, 0.25) is 5.95 Å². The molecule has 0 saturated heterocycles. The van der Waals surface area contributed by atoms with E-state index in [2.05, 4.69) is 37.3 Å². The van der Waals surface area contributed by atoms with E-state index in [1.165, 1.54) is 0 Å². The van der Waals surface area contributed by atoms with E-state index >= 15 is 0 Å². The normalized spacial score (nSPS) is 10.7. The number of anilines is 3. The van der Waals surface area contributed by atoms with E-state index in [4.69, 9.17) is 4.74 Å². The van der Waals surface area contributed by atoms with Crippen LogP contribution in [0.2, 0.25) is 0 Å². The minimum absolute atomic E-state index is 0.752. The van der Waals surface area contributed by atoms with E-state index in [-0.39, 0.29) is 0 Å². The fraction of sp³-hybridized carbons (Fsp3) is 0.100. The third kappa shape index (κ3) is 2.93. The number of hydrogen-bond acceptors (Lipinski definition) is 5. The van der Waals surface area contributed by atoms with Crippen LogP contribution in [0.3, 0.4) is 0 Å². The summed E-state index contributed by atoms with van der Waals surface area (Å²) in [5, 5.41) is 6.48. The molecular formula is C20H19N5O. The molecule has 4 aromatic rings. The van der Waals surface area contributed by atoms with Gasteiger partial charge in [-0.3, -0.25) is 4.57 Å². The maximum Gasteiger partial charge on any atom is 0.208 e. The molecule has 2 N–H and O–H groups in total. The second-order valence-electron chi connectivity index (χ2n) is 5.77. The lowest BCUT2D eigenvalue weighted by molar-refractivity contribution is 0.415. The molecule has 26 heavy (non-hydrogen) atoms. The van der Waals surface area contributed by atoms with Crippen molar-refractivity contribution in [1.29, 1.82) is 0 Å². The zero-order valence-electron chi connectivity index (χ0n) is 14.6. The zero-order chi connectivity index (χ0) is 17.9. The summed E-state index contributed by atoms with van der Waals surface area (Å²) in [6.45, 7) is 0. The molecule has 2 aromatic carbocycles. The quantitative estimate of drug-likeness (QED) is 0.567. The summed E-state index contributed by atoms with van der Waals surface area (Å²) >= 11 is 0. The van der Waals surface area contributed by atoms with Gasteiger partial charge in [-0.2, -0.15) is 0 Å². The first kappa shape index (κ1) is 16.0. The Labute approximate surface area is 151 Å². The fourth-order valence-corrected chi connectivity index (χ4v) is 2.88. The van der Waals surface area contributed by atoms with Gasteiger partial charge < -0.3 is 15.4 Å². The van der Waals surface area contributed by atoms with E-state index in [1.54, 1.807) is 13.3 Å². The van der Waals surface area contributed by atoms with Gasteiger partial charge in [-0.25, -0.2) is 9.97 Å². The Morgan fingerprint density at radius 1 is 1.00 bits per heavy atom. The van der Waals surface area contributed by atoms with Crippen molar-refractivity contribution < 1.29 is 4.74 Å². The van der Waals surface area contributed by atoms with Crippen LogP contribution in [0.5, 0.6) is 5.75 Å². The Hall–Kier alpha value is -3.54. The fourth-order valence-electron chi connectivity index (χ4n) is 2.88. The minimum atomic E-state index is 0.752. The van der Waals surface area contributed by atoms with Gasteiger partial charge >= 0.3 is 0 Å². The van der Waals surface area contributed by atoms with Gasteiger partial charge in [-0.1, -0.05) is 18.2 Å². The molecule has 0 atom stereocenters. The summed E-state index contributed by atoms with van der Waals surface area (Å²) < 4.78 is 7.27. The number of ether oxygens (including phenoxy) is 1. The molecule has 130 valence electrons. The topological polar surface area (TPSA) is 64.0 Å². The van der Waals surface area contributed by atoms with Crippen molar-refractivity contribution in [1.82, 2.24) is 14.5 Å². The van der Waals surface area contributed by atoms with Crippen LogP contribution in [-0.4, -0.2) is 28.7 Å². The van der Waals surface area contributed by atoms with Crippen molar-refractivity contribution in [3.63, 3.8) is 0 Å². The molecule has 6 nitrogen and oxygen atoms in total. The summed E-state index contributed by atoms with van der Waals surface area (Å²) in [5.41, 5.74) is 3.79. The maximum atomic E-state index is 5.19. The SMILES string of the molecule is CNc1nc2cnc(Nc3ccc(OC)cc3)cc2n1-c1ccccc1. The van der Waals surface area contributed by atoms with Gasteiger partial charge in [-0.15, -0.1) is 0 Å². The number of methoxy groups -OCH3 is 1. The number of imidazole rings is 1. The smallest absolute Gasteiger partial charge is 0.208 e. The average molecular weight is 345 g/mol. The lowest BCUT2D eigenvalue weighted by atomic mass is 10.3. The van der Waals surface area contributed by atoms with Gasteiger partial charge in [0.05, 0.1) is 18.8 Å². The highest BCUT2D eigenvalue weighted by Gasteiger charge is 2.12. The Morgan fingerprint density at radius 2 is 1.77 bits per heavy atom. The summed E-state index contributed by atoms with van der Waals surface area (Å²) in [4.78, 5) is 9.10. The molecule has 0 bridgehead atoms. The van der Waals surface area contributed by atoms with Crippen molar-refractivity contribution in [2.24, 2.45) is 0 Å². The standard InChI is InChI=1S/C20H19N5O/c1-21-20-24-17-13-22-19(23-14-8-10-16(26-2)11-9-14)12-18(17)25(20)15-6-4-3-5-7-15/h3-13H,1-2H3,(H,21,24)(H,22,23). The van der Waals surface area contributed by atoms with Crippen molar-refractivity contribution in [2.45, 2.75) is 0 Å². The van der Waals surface area contributed by atoms with Crippen LogP contribution in [0.1, 0.15) is 0 Å². The van der Waals surface area contributed by atoms with Crippen LogP contribution in [0.15, 0.2) is 66.9 Å². The second-order valence-corrected chi connectivity index (χ2v) is 5.77. The number of pyridine rings is 1. The van der Waals surface area contributed by atoms with Gasteiger partial charge in [0.25, 0.3) is 0 Å². The van der Waals surface area contributed by atoms with Gasteiger partial charge in [0, 0.05) is 24.5 Å². The van der Waals surface area contributed by atoms with E-state index in [9.17, 15) is 0 Å². The molecule has 0 saturated carbocycles. The van der Waals surface area contributed by atoms with Crippen LogP contribution >= 0.6 is 0 Å². The van der Waals surface area contributed by atoms with E-state index in [0.717, 1.165) is 39.9 Å². The number of benzene rings is 2. The first-order chi connectivity index (χ1) is 12.8. The highest BCUT2D eigenvalue weighted by Crippen LogP contribution is 2.27. The van der Waals surface area contributed by atoms with Crippen molar-refractivity contribution in [3.8, 4) is 11.4 Å². The zero-order valence-corrected chi connectivity index (χ0v) is 14.6. The summed E-state index contributed by atoms with van der Waals surface area (Å²) in [6, 6.07) is 19.9. The first-order valence-corrected chi connectivity index (χ1v) is 8.31. The molecule has 4 rings (SSSR count). The van der Waals surface area contributed by atoms with Crippen LogP contribution < -0.4 is 15.4 Å². The Morgan fingerprint density at radius 3 is 2.46 bits per heavy atom. The Bertz CT molecular complexity index is 1030. The predicted octanol–water partition coefficient (Wildman–Crippen LogP) is 4.21. The highest BCUT2D eigenvalue weighted by molar-refractivity contribution is 5.83. The van der Waals surface area contributed by atoms with E-state index < -0.39 is 0 Å². The summed E-state index contributed by atoms with van der Waals surface area (Å²) in [6.07, 6.45) is 1.78. The summed E-state index contributed by atoms with van der Waals surface area (Å²) in [5.74, 6) is 2.34. The number of hydrogen-bond donors (Lipinski definition) is 2. The molecule has 0 aliphatic heterocycles. The van der Waals surface area contributed by atoms with E-state index in [0.29, 0.717) is 0 Å². The lowest BCUT2D eigenvalue weighted by Gasteiger charge is -2.10. The molecule has 0 spiro atoms. The van der Waals surface area contributed by atoms with Crippen LogP contribution in [0, 0.1) is 0 Å². The van der Waals surface area contributed by atoms with Crippen molar-refractivity contribution in [2.75, 3.05) is 24.8 Å². The van der Waals surface area contributed by atoms with Crippen molar-refractivity contribution in [3.05, 3.63) is 66.9 Å². The lowest BCUT2D eigenvalue weighted by Crippen LogP contribution is -2.01. The molecular weight excluding hydrogens is 326 g/mol. The third-order valence-corrected chi connectivity index (χ3v) is 4.14. The van der Waals surface area contributed by atoms with E-state index in [1.807, 2.05) is 55.6 Å². The minimum Gasteiger partial charge on any atom is -0.497 e. The van der Waals surface area contributed by atoms with Gasteiger partial charge in [0.15, 0.2) is 0 Å². The Balaban J connectivity index is 1.76. The molecule has 0 amide bonds. The first-order valence-electron chi connectivity index (χ1n) is 8.31. The molecule has 0 aliphatic carbocycles. The number of aromatic nitrogens is 3. The number of fused-ring (bicyclic) bond motifs is 1. The molecule has 0 radical (unpaired) electrons. The average Bonchev–Trinajstić information content (AvgIpc) is 3.07. The largest absolute Gasteiger partial charge is 0.497 e. The van der Waals surface area contributed by atoms with Crippen LogP contribution in [0.25, 0.3) is 16.7 Å². The number of nitrogens with one attached hydrogen (secondary N) is 2. The Kier molecular flexibility index (Phi) is 4.15. The number of para-hydroxylation sites is 1. The summed E-state index contributed by atoms with van der Waals surface area (Å²) in [7, 11) is 3.52. The highest BCUT2D eigenvalue weighted by atomic mass is 16.5. The maximum absolute atomic E-state index is 5.19. The molecule has 0 fully saturated rings. The molecule has 2 aromatic heterocycles. The third-order valence-electron chi connectivity index (χ3n) is 4.14. The molecule has 6 heteroatoms. The molecule has 2 heterocycles. The number of rotatable bonds is 5. The molecule has 0 aliphatic rings. The van der Waals surface area contributed by atoms with Crippen LogP contribution in [0.4, 0.5) is 17.5 Å².